The molecule has 2 nitrogen and oxygen atoms in total. The monoisotopic (exact) mass is 259 g/mol. The molecule has 1 aromatic rings. The van der Waals surface area contributed by atoms with Crippen molar-refractivity contribution in [2.24, 2.45) is 0 Å². The second kappa shape index (κ2) is 5.96. The van der Waals surface area contributed by atoms with Crippen molar-refractivity contribution < 1.29 is 4.74 Å². The smallest absolute Gasteiger partial charge is 0.126 e. The number of para-hydroxylation sites is 1. The third kappa shape index (κ3) is 2.94. The van der Waals surface area contributed by atoms with Crippen LogP contribution in [0.15, 0.2) is 18.2 Å². The number of fused-ring (bicyclic) bond motifs is 1. The maximum atomic E-state index is 5.96. The van der Waals surface area contributed by atoms with Crippen molar-refractivity contribution in [3.05, 3.63) is 29.3 Å². The maximum Gasteiger partial charge on any atom is 0.126 e. The Kier molecular flexibility index (Phi) is 4.07. The average molecular weight is 259 g/mol. The van der Waals surface area contributed by atoms with E-state index in [0.29, 0.717) is 12.1 Å². The van der Waals surface area contributed by atoms with Gasteiger partial charge < -0.3 is 10.1 Å². The lowest BCUT2D eigenvalue weighted by Crippen LogP contribution is -2.34. The normalized spacial score (nSPS) is 24.4. The van der Waals surface area contributed by atoms with E-state index in [1.54, 1.807) is 0 Å². The number of hydrogen-bond acceptors (Lipinski definition) is 2. The molecule has 0 amide bonds. The summed E-state index contributed by atoms with van der Waals surface area (Å²) in [6, 6.07) is 7.76. The Morgan fingerprint density at radius 3 is 2.74 bits per heavy atom. The first-order valence-electron chi connectivity index (χ1n) is 7.83. The van der Waals surface area contributed by atoms with Gasteiger partial charge in [0.05, 0.1) is 6.61 Å². The highest BCUT2D eigenvalue weighted by atomic mass is 16.5. The van der Waals surface area contributed by atoms with Crippen LogP contribution < -0.4 is 10.1 Å². The van der Waals surface area contributed by atoms with E-state index in [1.807, 2.05) is 0 Å². The van der Waals surface area contributed by atoms with Crippen molar-refractivity contribution in [1.82, 2.24) is 5.32 Å². The summed E-state index contributed by atoms with van der Waals surface area (Å²) in [5, 5.41) is 3.90. The third-order valence-corrected chi connectivity index (χ3v) is 4.54. The summed E-state index contributed by atoms with van der Waals surface area (Å²) in [6.07, 6.45) is 9.24. The summed E-state index contributed by atoms with van der Waals surface area (Å²) in [6.45, 7) is 3.02. The molecule has 1 saturated carbocycles. The molecule has 1 N–H and O–H groups in total. The van der Waals surface area contributed by atoms with E-state index in [0.717, 1.165) is 18.8 Å². The summed E-state index contributed by atoms with van der Waals surface area (Å²) < 4.78 is 5.96. The lowest BCUT2D eigenvalue weighted by molar-refractivity contribution is 0.307. The molecule has 2 heteroatoms. The topological polar surface area (TPSA) is 21.3 Å². The van der Waals surface area contributed by atoms with Crippen LogP contribution in [0.1, 0.15) is 62.1 Å². The number of aryl methyl sites for hydroxylation is 1. The Morgan fingerprint density at radius 2 is 1.89 bits per heavy atom. The van der Waals surface area contributed by atoms with Gasteiger partial charge in [-0.3, -0.25) is 0 Å². The van der Waals surface area contributed by atoms with E-state index in [9.17, 15) is 0 Å². The molecule has 2 aliphatic rings. The van der Waals surface area contributed by atoms with Crippen LogP contribution in [-0.4, -0.2) is 12.6 Å². The van der Waals surface area contributed by atoms with Crippen molar-refractivity contribution in [2.45, 2.75) is 64.0 Å². The zero-order valence-corrected chi connectivity index (χ0v) is 12.0. The molecule has 1 fully saturated rings. The largest absolute Gasteiger partial charge is 0.493 e. The summed E-state index contributed by atoms with van der Waals surface area (Å²) >= 11 is 0. The van der Waals surface area contributed by atoms with E-state index < -0.39 is 0 Å². The summed E-state index contributed by atoms with van der Waals surface area (Å²) in [7, 11) is 0. The van der Waals surface area contributed by atoms with Gasteiger partial charge in [-0.1, -0.05) is 37.5 Å². The van der Waals surface area contributed by atoms with E-state index in [1.165, 1.54) is 49.7 Å². The first kappa shape index (κ1) is 13.0. The van der Waals surface area contributed by atoms with Gasteiger partial charge in [-0.05, 0) is 38.2 Å². The molecule has 104 valence electrons. The lowest BCUT2D eigenvalue weighted by atomic mass is 9.92. The highest BCUT2D eigenvalue weighted by Crippen LogP contribution is 2.35. The molecule has 0 spiro atoms. The maximum absolute atomic E-state index is 5.96. The zero-order chi connectivity index (χ0) is 13.1. The van der Waals surface area contributed by atoms with E-state index >= 15 is 0 Å². The van der Waals surface area contributed by atoms with Crippen LogP contribution in [0, 0.1) is 6.92 Å². The van der Waals surface area contributed by atoms with E-state index in [-0.39, 0.29) is 0 Å². The van der Waals surface area contributed by atoms with Crippen molar-refractivity contribution in [1.29, 1.82) is 0 Å². The third-order valence-electron chi connectivity index (χ3n) is 4.54. The second-order valence-corrected chi connectivity index (χ2v) is 6.04. The fourth-order valence-corrected chi connectivity index (χ4v) is 3.49. The van der Waals surface area contributed by atoms with Gasteiger partial charge in [0.25, 0.3) is 0 Å². The average Bonchev–Trinajstić information content (AvgIpc) is 2.64. The number of rotatable bonds is 2. The van der Waals surface area contributed by atoms with Gasteiger partial charge in [0, 0.05) is 17.6 Å². The molecule has 1 heterocycles. The van der Waals surface area contributed by atoms with Crippen LogP contribution in [0.25, 0.3) is 0 Å². The van der Waals surface area contributed by atoms with Crippen LogP contribution in [-0.2, 0) is 0 Å². The molecule has 1 aliphatic carbocycles. The standard InChI is InChI=1S/C17H25NO/c1-13-7-5-10-15-16(11-6-12-19-17(13)15)18-14-8-3-2-4-9-14/h5,7,10,14,16,18H,2-4,6,8-9,11-12H2,1H3. The minimum absolute atomic E-state index is 0.487. The van der Waals surface area contributed by atoms with Crippen molar-refractivity contribution in [2.75, 3.05) is 6.61 Å². The molecular weight excluding hydrogens is 234 g/mol. The molecule has 0 aromatic heterocycles. The summed E-state index contributed by atoms with van der Waals surface area (Å²) in [4.78, 5) is 0. The second-order valence-electron chi connectivity index (χ2n) is 6.04. The summed E-state index contributed by atoms with van der Waals surface area (Å²) in [5.74, 6) is 1.13. The van der Waals surface area contributed by atoms with Gasteiger partial charge >= 0.3 is 0 Å². The molecule has 3 rings (SSSR count). The Morgan fingerprint density at radius 1 is 1.05 bits per heavy atom. The molecule has 1 aromatic carbocycles. The summed E-state index contributed by atoms with van der Waals surface area (Å²) in [5.41, 5.74) is 2.65. The predicted octanol–water partition coefficient (Wildman–Crippen LogP) is 4.13. The van der Waals surface area contributed by atoms with Gasteiger partial charge in [0.15, 0.2) is 0 Å². The highest BCUT2D eigenvalue weighted by Gasteiger charge is 2.24. The molecule has 19 heavy (non-hydrogen) atoms. The molecule has 1 unspecified atom stereocenters. The molecule has 1 aliphatic heterocycles. The van der Waals surface area contributed by atoms with Gasteiger partial charge in [-0.15, -0.1) is 0 Å². The fraction of sp³-hybridized carbons (Fsp3) is 0.647. The number of hydrogen-bond donors (Lipinski definition) is 1. The zero-order valence-electron chi connectivity index (χ0n) is 12.0. The Labute approximate surface area is 116 Å². The Balaban J connectivity index is 1.79. The van der Waals surface area contributed by atoms with Crippen molar-refractivity contribution in [3.8, 4) is 5.75 Å². The SMILES string of the molecule is Cc1cccc2c1OCCCC2NC1CCCCC1. The Hall–Kier alpha value is -1.02. The number of nitrogens with one attached hydrogen (secondary N) is 1. The van der Waals surface area contributed by atoms with Gasteiger partial charge in [-0.25, -0.2) is 0 Å². The quantitative estimate of drug-likeness (QED) is 0.862. The molecule has 0 saturated heterocycles. The molecular formula is C17H25NO. The lowest BCUT2D eigenvalue weighted by Gasteiger charge is -2.28. The number of benzene rings is 1. The van der Waals surface area contributed by atoms with Crippen molar-refractivity contribution >= 4 is 0 Å². The first-order chi connectivity index (χ1) is 9.34. The van der Waals surface area contributed by atoms with Crippen LogP contribution in [0.4, 0.5) is 0 Å². The van der Waals surface area contributed by atoms with E-state index in [4.69, 9.17) is 4.74 Å². The van der Waals surface area contributed by atoms with Crippen LogP contribution in [0.2, 0.25) is 0 Å². The van der Waals surface area contributed by atoms with Gasteiger partial charge in [0.1, 0.15) is 5.75 Å². The van der Waals surface area contributed by atoms with E-state index in [2.05, 4.69) is 30.4 Å². The van der Waals surface area contributed by atoms with Crippen LogP contribution in [0.5, 0.6) is 5.75 Å². The van der Waals surface area contributed by atoms with Crippen LogP contribution in [0.3, 0.4) is 0 Å². The van der Waals surface area contributed by atoms with Gasteiger partial charge in [-0.2, -0.15) is 0 Å². The minimum atomic E-state index is 0.487. The van der Waals surface area contributed by atoms with Gasteiger partial charge in [0.2, 0.25) is 0 Å². The number of ether oxygens (including phenoxy) is 1. The first-order valence-corrected chi connectivity index (χ1v) is 7.83. The fourth-order valence-electron chi connectivity index (χ4n) is 3.49. The van der Waals surface area contributed by atoms with Crippen LogP contribution >= 0.6 is 0 Å². The molecule has 0 bridgehead atoms. The highest BCUT2D eigenvalue weighted by molar-refractivity contribution is 5.43. The Bertz CT molecular complexity index is 423. The molecule has 0 radical (unpaired) electrons. The minimum Gasteiger partial charge on any atom is -0.493 e. The molecule has 1 atom stereocenters. The van der Waals surface area contributed by atoms with Crippen molar-refractivity contribution in [3.63, 3.8) is 0 Å². The predicted molar refractivity (Wildman–Crippen MR) is 78.7 cm³/mol.